The van der Waals surface area contributed by atoms with E-state index in [1.165, 1.54) is 0 Å². The first kappa shape index (κ1) is 20.6. The largest absolute Gasteiger partial charge is 0.497 e. The fraction of sp³-hybridized carbons (Fsp3) is 0.333. The Bertz CT molecular complexity index is 1170. The number of nitrogens with one attached hydrogen (secondary N) is 2. The minimum absolute atomic E-state index is 0.314. The number of pyridine rings is 1. The lowest BCUT2D eigenvalue weighted by Gasteiger charge is -2.14. The number of aromatic nitrogens is 3. The number of methoxy groups -OCH3 is 2. The molecule has 1 atom stereocenters. The quantitative estimate of drug-likeness (QED) is 0.624. The van der Waals surface area contributed by atoms with Gasteiger partial charge in [0, 0.05) is 42.5 Å². The first-order chi connectivity index (χ1) is 15.2. The van der Waals surface area contributed by atoms with Gasteiger partial charge in [-0.05, 0) is 31.5 Å². The Labute approximate surface area is 182 Å². The molecule has 1 aliphatic heterocycles. The second kappa shape index (κ2) is 9.42. The summed E-state index contributed by atoms with van der Waals surface area (Å²) in [5.41, 5.74) is 2.38. The third-order valence-electron chi connectivity index (χ3n) is 5.25. The molecule has 7 heteroatoms. The molecule has 1 saturated heterocycles. The fourth-order valence-electron chi connectivity index (χ4n) is 3.66. The van der Waals surface area contributed by atoms with Gasteiger partial charge >= 0.3 is 0 Å². The predicted octanol–water partition coefficient (Wildman–Crippen LogP) is 2.88. The van der Waals surface area contributed by atoms with Crippen molar-refractivity contribution in [2.75, 3.05) is 39.2 Å². The third kappa shape index (κ3) is 4.74. The first-order valence-electron chi connectivity index (χ1n) is 10.2. The van der Waals surface area contributed by atoms with Crippen LogP contribution in [0.2, 0.25) is 0 Å². The average molecular weight is 415 g/mol. The van der Waals surface area contributed by atoms with Crippen LogP contribution in [0.1, 0.15) is 24.5 Å². The molecule has 0 spiro atoms. The number of rotatable bonds is 5. The van der Waals surface area contributed by atoms with E-state index in [4.69, 9.17) is 9.47 Å². The standard InChI is InChI=1S/C24H25N5O2/c1-4-5-11-29-12-9-19(16-29)26-24-22-18(8-10-25-23(22)27-28-24)7-6-17-13-20(30-2)15-21(14-17)31-3/h8,10,13-15,19H,9,11-12,16H2,1-3H3,(H2,25,26,27,28)/t19-/m0/s1. The molecule has 2 N–H and O–H groups in total. The molecule has 158 valence electrons. The van der Waals surface area contributed by atoms with Crippen molar-refractivity contribution >= 4 is 16.9 Å². The topological polar surface area (TPSA) is 75.3 Å². The predicted molar refractivity (Wildman–Crippen MR) is 121 cm³/mol. The van der Waals surface area contributed by atoms with E-state index in [2.05, 4.69) is 49.1 Å². The molecule has 31 heavy (non-hydrogen) atoms. The molecule has 0 radical (unpaired) electrons. The second-order valence-electron chi connectivity index (χ2n) is 7.30. The highest BCUT2D eigenvalue weighted by molar-refractivity contribution is 5.92. The molecule has 0 bridgehead atoms. The summed E-state index contributed by atoms with van der Waals surface area (Å²) in [5.74, 6) is 14.8. The van der Waals surface area contributed by atoms with Gasteiger partial charge in [-0.25, -0.2) is 4.98 Å². The number of anilines is 1. The van der Waals surface area contributed by atoms with Crippen LogP contribution in [-0.4, -0.2) is 60.0 Å². The van der Waals surface area contributed by atoms with Crippen molar-refractivity contribution < 1.29 is 9.47 Å². The lowest BCUT2D eigenvalue weighted by molar-refractivity contribution is 0.379. The summed E-state index contributed by atoms with van der Waals surface area (Å²) in [6, 6.07) is 7.81. The molecule has 4 rings (SSSR count). The van der Waals surface area contributed by atoms with Crippen molar-refractivity contribution in [3.05, 3.63) is 41.6 Å². The molecule has 3 heterocycles. The smallest absolute Gasteiger partial charge is 0.158 e. The number of fused-ring (bicyclic) bond motifs is 1. The van der Waals surface area contributed by atoms with Crippen LogP contribution < -0.4 is 14.8 Å². The number of likely N-dealkylation sites (tertiary alicyclic amines) is 1. The zero-order valence-corrected chi connectivity index (χ0v) is 18.0. The maximum Gasteiger partial charge on any atom is 0.158 e. The van der Waals surface area contributed by atoms with E-state index in [0.717, 1.165) is 48.4 Å². The van der Waals surface area contributed by atoms with Gasteiger partial charge in [-0.1, -0.05) is 17.8 Å². The van der Waals surface area contributed by atoms with Gasteiger partial charge in [-0.2, -0.15) is 5.10 Å². The van der Waals surface area contributed by atoms with Crippen LogP contribution >= 0.6 is 0 Å². The molecule has 1 aromatic carbocycles. The Hall–Kier alpha value is -3.68. The molecular formula is C24H25N5O2. The number of aromatic amines is 1. The summed E-state index contributed by atoms with van der Waals surface area (Å²) < 4.78 is 10.7. The molecule has 0 amide bonds. The summed E-state index contributed by atoms with van der Waals surface area (Å²) in [6.45, 7) is 4.64. The monoisotopic (exact) mass is 415 g/mol. The van der Waals surface area contributed by atoms with Gasteiger partial charge in [0.05, 0.1) is 26.2 Å². The van der Waals surface area contributed by atoms with E-state index in [0.29, 0.717) is 23.2 Å². The fourth-order valence-corrected chi connectivity index (χ4v) is 3.66. The summed E-state index contributed by atoms with van der Waals surface area (Å²) in [4.78, 5) is 6.75. The summed E-state index contributed by atoms with van der Waals surface area (Å²) in [6.07, 6.45) is 2.78. The van der Waals surface area contributed by atoms with Crippen LogP contribution in [-0.2, 0) is 0 Å². The van der Waals surface area contributed by atoms with E-state index in [1.54, 1.807) is 20.4 Å². The van der Waals surface area contributed by atoms with Crippen molar-refractivity contribution in [1.82, 2.24) is 20.1 Å². The lowest BCUT2D eigenvalue weighted by atomic mass is 10.1. The van der Waals surface area contributed by atoms with Crippen molar-refractivity contribution in [2.45, 2.75) is 19.4 Å². The number of hydrogen-bond donors (Lipinski definition) is 2. The molecule has 1 aliphatic rings. The number of H-pyrrole nitrogens is 1. The van der Waals surface area contributed by atoms with Crippen LogP contribution in [0.5, 0.6) is 11.5 Å². The molecular weight excluding hydrogens is 390 g/mol. The molecule has 0 saturated carbocycles. The Kier molecular flexibility index (Phi) is 6.26. The average Bonchev–Trinajstić information content (AvgIpc) is 3.43. The molecule has 0 aliphatic carbocycles. The zero-order valence-electron chi connectivity index (χ0n) is 18.0. The van der Waals surface area contributed by atoms with E-state index < -0.39 is 0 Å². The minimum Gasteiger partial charge on any atom is -0.497 e. The molecule has 1 fully saturated rings. The molecule has 2 aromatic heterocycles. The van der Waals surface area contributed by atoms with Gasteiger partial charge in [0.2, 0.25) is 0 Å². The zero-order chi connectivity index (χ0) is 21.6. The summed E-state index contributed by atoms with van der Waals surface area (Å²) in [5, 5.41) is 11.9. The van der Waals surface area contributed by atoms with E-state index in [-0.39, 0.29) is 0 Å². The van der Waals surface area contributed by atoms with E-state index >= 15 is 0 Å². The Morgan fingerprint density at radius 3 is 2.74 bits per heavy atom. The Balaban J connectivity index is 1.60. The van der Waals surface area contributed by atoms with E-state index in [1.807, 2.05) is 31.2 Å². The van der Waals surface area contributed by atoms with Gasteiger partial charge in [0.1, 0.15) is 11.5 Å². The van der Waals surface area contributed by atoms with Gasteiger partial charge in [0.15, 0.2) is 11.5 Å². The van der Waals surface area contributed by atoms with Crippen LogP contribution in [0, 0.1) is 23.7 Å². The van der Waals surface area contributed by atoms with E-state index in [9.17, 15) is 0 Å². The number of ether oxygens (including phenoxy) is 2. The highest BCUT2D eigenvalue weighted by atomic mass is 16.5. The molecule has 0 unspecified atom stereocenters. The number of benzene rings is 1. The lowest BCUT2D eigenvalue weighted by Crippen LogP contribution is -2.26. The normalized spacial score (nSPS) is 15.6. The molecule has 3 aromatic rings. The van der Waals surface area contributed by atoms with Crippen LogP contribution in [0.3, 0.4) is 0 Å². The maximum atomic E-state index is 5.34. The van der Waals surface area contributed by atoms with Gasteiger partial charge < -0.3 is 14.8 Å². The van der Waals surface area contributed by atoms with Crippen molar-refractivity contribution in [3.63, 3.8) is 0 Å². The van der Waals surface area contributed by atoms with Crippen LogP contribution in [0.25, 0.3) is 11.0 Å². The second-order valence-corrected chi connectivity index (χ2v) is 7.30. The van der Waals surface area contributed by atoms with Gasteiger partial charge in [-0.3, -0.25) is 10.00 Å². The van der Waals surface area contributed by atoms with Gasteiger partial charge in [0.25, 0.3) is 0 Å². The van der Waals surface area contributed by atoms with Crippen LogP contribution in [0.15, 0.2) is 30.5 Å². The van der Waals surface area contributed by atoms with Crippen molar-refractivity contribution in [1.29, 1.82) is 0 Å². The SMILES string of the molecule is CC#CCN1CC[C@H](Nc2n[nH]c3nccc(C#Cc4cc(OC)cc(OC)c4)c23)C1. The Morgan fingerprint density at radius 2 is 2.00 bits per heavy atom. The van der Waals surface area contributed by atoms with Crippen molar-refractivity contribution in [3.8, 4) is 35.2 Å². The van der Waals surface area contributed by atoms with Crippen molar-refractivity contribution in [2.24, 2.45) is 0 Å². The number of nitrogens with zero attached hydrogens (tertiary/aromatic N) is 3. The van der Waals surface area contributed by atoms with Crippen LogP contribution in [0.4, 0.5) is 5.82 Å². The minimum atomic E-state index is 0.314. The van der Waals surface area contributed by atoms with Gasteiger partial charge in [-0.15, -0.1) is 5.92 Å². The first-order valence-corrected chi connectivity index (χ1v) is 10.2. The summed E-state index contributed by atoms with van der Waals surface area (Å²) >= 11 is 0. The highest BCUT2D eigenvalue weighted by Crippen LogP contribution is 2.26. The third-order valence-corrected chi connectivity index (χ3v) is 5.25. The summed E-state index contributed by atoms with van der Waals surface area (Å²) in [7, 11) is 3.25. The number of hydrogen-bond acceptors (Lipinski definition) is 6. The Morgan fingerprint density at radius 1 is 1.19 bits per heavy atom. The highest BCUT2D eigenvalue weighted by Gasteiger charge is 2.23. The maximum absolute atomic E-state index is 5.34. The molecule has 7 nitrogen and oxygen atoms in total.